The summed E-state index contributed by atoms with van der Waals surface area (Å²) < 4.78 is 16.7. The topological polar surface area (TPSA) is 88.4 Å². The molecule has 0 heterocycles. The van der Waals surface area contributed by atoms with Crippen molar-refractivity contribution in [2.24, 2.45) is 11.8 Å². The van der Waals surface area contributed by atoms with Crippen LogP contribution in [0.1, 0.15) is 39.5 Å². The van der Waals surface area contributed by atoms with E-state index >= 15 is 0 Å². The molecule has 0 bridgehead atoms. The number of hydrogen-bond acceptors (Lipinski definition) is 10. The first kappa shape index (κ1) is 31.6. The lowest BCUT2D eigenvalue weighted by molar-refractivity contribution is 0.117. The van der Waals surface area contributed by atoms with Crippen LogP contribution in [-0.4, -0.2) is 83.7 Å². The first-order valence-corrected chi connectivity index (χ1v) is 20.4. The molecule has 0 rings (SSSR count). The molecule has 0 amide bonds. The van der Waals surface area contributed by atoms with Crippen LogP contribution in [0.15, 0.2) is 0 Å². The summed E-state index contributed by atoms with van der Waals surface area (Å²) in [5.41, 5.74) is 0. The van der Waals surface area contributed by atoms with Gasteiger partial charge in [-0.2, -0.15) is 0 Å². The fourth-order valence-electron chi connectivity index (χ4n) is 3.25. The van der Waals surface area contributed by atoms with Crippen LogP contribution in [0, 0.1) is 11.8 Å². The molecule has 2 atom stereocenters. The van der Waals surface area contributed by atoms with Gasteiger partial charge in [0.1, 0.15) is 8.07 Å². The second-order valence-corrected chi connectivity index (χ2v) is 21.2. The summed E-state index contributed by atoms with van der Waals surface area (Å²) >= 11 is 0. The van der Waals surface area contributed by atoms with Crippen molar-refractivity contribution in [3.63, 3.8) is 0 Å². The standard InChI is InChI=1S/C18H42O6S4Si2/c1-6-17(12-29(14-19,15-20)16-21)8-10-25-27-28-26-11-9-18(7-2)13-30(22-3,23-4)24-5/h17-21H,6-16H2,1-5H3. The highest BCUT2D eigenvalue weighted by Crippen LogP contribution is 2.44. The van der Waals surface area contributed by atoms with Crippen molar-refractivity contribution in [3.8, 4) is 0 Å². The first-order valence-electron chi connectivity index (χ1n) is 10.5. The molecule has 0 aliphatic heterocycles. The van der Waals surface area contributed by atoms with Crippen LogP contribution in [0.25, 0.3) is 0 Å². The molecule has 6 nitrogen and oxygen atoms in total. The molecule has 2 unspecified atom stereocenters. The molecule has 30 heavy (non-hydrogen) atoms. The summed E-state index contributed by atoms with van der Waals surface area (Å²) in [4.78, 5) is 0. The highest BCUT2D eigenvalue weighted by atomic mass is 33.7. The van der Waals surface area contributed by atoms with Crippen molar-refractivity contribution >= 4 is 58.1 Å². The van der Waals surface area contributed by atoms with Gasteiger partial charge in [-0.3, -0.25) is 0 Å². The molecule has 0 aliphatic rings. The minimum Gasteiger partial charge on any atom is -0.399 e. The lowest BCUT2D eigenvalue weighted by Gasteiger charge is -2.29. The van der Waals surface area contributed by atoms with Crippen molar-refractivity contribution in [3.05, 3.63) is 0 Å². The van der Waals surface area contributed by atoms with E-state index in [1.807, 2.05) is 41.2 Å². The first-order chi connectivity index (χ1) is 14.4. The quantitative estimate of drug-likeness (QED) is 0.111. The van der Waals surface area contributed by atoms with Gasteiger partial charge in [0, 0.05) is 57.6 Å². The third-order valence-electron chi connectivity index (χ3n) is 5.70. The van der Waals surface area contributed by atoms with Gasteiger partial charge >= 0.3 is 8.80 Å². The molecule has 0 fully saturated rings. The summed E-state index contributed by atoms with van der Waals surface area (Å²) in [6, 6.07) is 1.66. The maximum atomic E-state index is 9.58. The Kier molecular flexibility index (Phi) is 20.0. The van der Waals surface area contributed by atoms with E-state index in [0.29, 0.717) is 11.8 Å². The molecule has 0 saturated heterocycles. The Labute approximate surface area is 200 Å². The Bertz CT molecular complexity index is 354. The lowest BCUT2D eigenvalue weighted by atomic mass is 10.1. The summed E-state index contributed by atoms with van der Waals surface area (Å²) in [5.74, 6) is 3.14. The average Bonchev–Trinajstić information content (AvgIpc) is 2.80. The van der Waals surface area contributed by atoms with Gasteiger partial charge in [-0.05, 0) is 50.4 Å². The summed E-state index contributed by atoms with van der Waals surface area (Å²) in [6.07, 6.45) is 4.19. The zero-order chi connectivity index (χ0) is 22.9. The zero-order valence-corrected chi connectivity index (χ0v) is 24.4. The molecule has 0 aromatic heterocycles. The third-order valence-corrected chi connectivity index (χ3v) is 18.6. The highest BCUT2D eigenvalue weighted by Gasteiger charge is 2.39. The van der Waals surface area contributed by atoms with Crippen molar-refractivity contribution in [2.45, 2.75) is 51.6 Å². The Balaban J connectivity index is 4.02. The van der Waals surface area contributed by atoms with Gasteiger partial charge < -0.3 is 28.6 Å². The molecular weight excluding hydrogens is 497 g/mol. The minimum atomic E-state index is -2.50. The van der Waals surface area contributed by atoms with E-state index in [2.05, 4.69) is 13.8 Å². The minimum absolute atomic E-state index is 0.0353. The molecule has 0 aromatic rings. The predicted octanol–water partition coefficient (Wildman–Crippen LogP) is 4.42. The number of rotatable bonds is 21. The Hall–Kier alpha value is 1.59. The van der Waals surface area contributed by atoms with Gasteiger partial charge in [-0.1, -0.05) is 48.3 Å². The van der Waals surface area contributed by atoms with Crippen LogP contribution < -0.4 is 0 Å². The molecule has 0 aromatic carbocycles. The van der Waals surface area contributed by atoms with E-state index < -0.39 is 16.9 Å². The van der Waals surface area contributed by atoms with Crippen molar-refractivity contribution < 1.29 is 28.6 Å². The van der Waals surface area contributed by atoms with Crippen molar-refractivity contribution in [1.29, 1.82) is 0 Å². The average molecular weight is 539 g/mol. The normalized spacial score (nSPS) is 14.8. The van der Waals surface area contributed by atoms with Crippen LogP contribution in [-0.2, 0) is 13.3 Å². The van der Waals surface area contributed by atoms with Gasteiger partial charge in [0.15, 0.2) is 0 Å². The second kappa shape index (κ2) is 19.0. The fourth-order valence-corrected chi connectivity index (χ4v) is 14.2. The van der Waals surface area contributed by atoms with Crippen LogP contribution >= 0.6 is 41.2 Å². The van der Waals surface area contributed by atoms with Crippen molar-refractivity contribution in [2.75, 3.05) is 51.5 Å². The van der Waals surface area contributed by atoms with Crippen LogP contribution in [0.3, 0.4) is 0 Å². The van der Waals surface area contributed by atoms with Crippen molar-refractivity contribution in [1.82, 2.24) is 0 Å². The highest BCUT2D eigenvalue weighted by molar-refractivity contribution is 9.26. The Morgan fingerprint density at radius 3 is 1.43 bits per heavy atom. The second-order valence-electron chi connectivity index (χ2n) is 7.58. The molecule has 0 spiro atoms. The van der Waals surface area contributed by atoms with Crippen LogP contribution in [0.5, 0.6) is 0 Å². The van der Waals surface area contributed by atoms with Crippen LogP contribution in [0.4, 0.5) is 0 Å². The lowest BCUT2D eigenvalue weighted by Crippen LogP contribution is -2.49. The molecule has 12 heteroatoms. The van der Waals surface area contributed by atoms with E-state index in [4.69, 9.17) is 13.3 Å². The summed E-state index contributed by atoms with van der Waals surface area (Å²) in [6.45, 7) is 4.36. The SMILES string of the molecule is CCC(CCSSSSCCC(CC)C[Si](OC)(OC)OC)C[Si](CO)(CO)CO. The van der Waals surface area contributed by atoms with E-state index in [9.17, 15) is 15.3 Å². The maximum Gasteiger partial charge on any atom is 0.500 e. The molecule has 0 aliphatic carbocycles. The number of aliphatic hydroxyl groups excluding tert-OH is 3. The van der Waals surface area contributed by atoms with Crippen LogP contribution in [0.2, 0.25) is 12.1 Å². The van der Waals surface area contributed by atoms with E-state index in [1.165, 1.54) is 0 Å². The summed E-state index contributed by atoms with van der Waals surface area (Å²) in [7, 11) is 7.62. The largest absolute Gasteiger partial charge is 0.500 e. The Morgan fingerprint density at radius 2 is 1.10 bits per heavy atom. The maximum absolute atomic E-state index is 9.58. The van der Waals surface area contributed by atoms with E-state index in [-0.39, 0.29) is 18.7 Å². The monoisotopic (exact) mass is 538 g/mol. The third kappa shape index (κ3) is 12.2. The predicted molar refractivity (Wildman–Crippen MR) is 140 cm³/mol. The van der Waals surface area contributed by atoms with Gasteiger partial charge in [-0.15, -0.1) is 0 Å². The fraction of sp³-hybridized carbons (Fsp3) is 1.00. The number of hydrogen-bond donors (Lipinski definition) is 3. The molecule has 0 radical (unpaired) electrons. The van der Waals surface area contributed by atoms with E-state index in [0.717, 1.165) is 49.3 Å². The molecule has 182 valence electrons. The summed E-state index contributed by atoms with van der Waals surface area (Å²) in [5, 5.41) is 28.7. The van der Waals surface area contributed by atoms with Gasteiger partial charge in [0.25, 0.3) is 0 Å². The zero-order valence-electron chi connectivity index (χ0n) is 19.1. The Morgan fingerprint density at radius 1 is 0.700 bits per heavy atom. The van der Waals surface area contributed by atoms with E-state index in [1.54, 1.807) is 21.3 Å². The van der Waals surface area contributed by atoms with Gasteiger partial charge in [-0.25, -0.2) is 0 Å². The van der Waals surface area contributed by atoms with Gasteiger partial charge in [0.2, 0.25) is 0 Å². The number of aliphatic hydroxyl groups is 3. The van der Waals surface area contributed by atoms with Gasteiger partial charge in [0.05, 0.1) is 0 Å². The smallest absolute Gasteiger partial charge is 0.399 e. The molecule has 0 saturated carbocycles. The molecule has 3 N–H and O–H groups in total. The molecular formula is C18H42O6S4Si2.